The molecule has 0 aliphatic carbocycles. The fourth-order valence-corrected chi connectivity index (χ4v) is 5.31. The van der Waals surface area contributed by atoms with Crippen molar-refractivity contribution in [3.63, 3.8) is 0 Å². The molecule has 6 heteroatoms. The van der Waals surface area contributed by atoms with Crippen LogP contribution in [0.25, 0.3) is 0 Å². The van der Waals surface area contributed by atoms with E-state index in [2.05, 4.69) is 22.9 Å². The van der Waals surface area contributed by atoms with Crippen molar-refractivity contribution in [1.29, 1.82) is 0 Å². The molecule has 26 heavy (non-hydrogen) atoms. The van der Waals surface area contributed by atoms with Gasteiger partial charge in [0.1, 0.15) is 0 Å². The number of thioether (sulfide) groups is 1. The summed E-state index contributed by atoms with van der Waals surface area (Å²) in [5, 5.41) is 2.45. The van der Waals surface area contributed by atoms with Crippen LogP contribution in [0.4, 0.5) is 11.4 Å². The summed E-state index contributed by atoms with van der Waals surface area (Å²) in [6, 6.07) is 7.90. The normalized spacial score (nSPS) is 15.2. The van der Waals surface area contributed by atoms with Gasteiger partial charge in [-0.15, -0.1) is 0 Å². The number of benzene rings is 2. The van der Waals surface area contributed by atoms with Crippen molar-refractivity contribution in [1.82, 2.24) is 0 Å². The number of nitrogens with two attached hydrogens (primary N) is 1. The molecular weight excluding hydrogens is 385 g/mol. The Kier molecular flexibility index (Phi) is 5.09. The Balaban J connectivity index is 1.84. The average Bonchev–Trinajstić information content (AvgIpc) is 3.19. The number of aryl methyl sites for hydroxylation is 1. The first-order valence-electron chi connectivity index (χ1n) is 8.97. The fraction of sp³-hybridized carbons (Fsp3) is 0.350. The molecule has 0 amide bonds. The highest BCUT2D eigenvalue weighted by Crippen LogP contribution is 2.48. The van der Waals surface area contributed by atoms with Crippen LogP contribution in [0.3, 0.4) is 0 Å². The molecule has 2 heterocycles. The molecule has 2 N–H and O–H groups in total. The molecule has 0 fully saturated rings. The van der Waals surface area contributed by atoms with Gasteiger partial charge in [-0.2, -0.15) is 0 Å². The van der Waals surface area contributed by atoms with Crippen molar-refractivity contribution in [2.24, 2.45) is 4.99 Å². The van der Waals surface area contributed by atoms with E-state index in [1.54, 1.807) is 11.8 Å². The van der Waals surface area contributed by atoms with Crippen molar-refractivity contribution in [3.8, 4) is 0 Å². The maximum atomic E-state index is 6.67. The van der Waals surface area contributed by atoms with Gasteiger partial charge in [0, 0.05) is 39.2 Å². The van der Waals surface area contributed by atoms with Gasteiger partial charge in [0.25, 0.3) is 0 Å². The van der Waals surface area contributed by atoms with Gasteiger partial charge in [-0.1, -0.05) is 42.6 Å². The first kappa shape index (κ1) is 18.0. The van der Waals surface area contributed by atoms with E-state index in [0.29, 0.717) is 16.5 Å². The van der Waals surface area contributed by atoms with E-state index in [-0.39, 0.29) is 0 Å². The average molecular weight is 406 g/mol. The third-order valence-corrected chi connectivity index (χ3v) is 6.75. The lowest BCUT2D eigenvalue weighted by Crippen LogP contribution is -2.22. The van der Waals surface area contributed by atoms with Crippen LogP contribution in [0.2, 0.25) is 10.0 Å². The van der Waals surface area contributed by atoms with E-state index in [0.717, 1.165) is 54.3 Å². The smallest absolute Gasteiger partial charge is 0.168 e. The van der Waals surface area contributed by atoms with Gasteiger partial charge in [0.05, 0.1) is 12.2 Å². The van der Waals surface area contributed by atoms with Gasteiger partial charge >= 0.3 is 0 Å². The number of unbranched alkanes of at least 4 members (excludes halogenated alkanes) is 1. The van der Waals surface area contributed by atoms with Crippen LogP contribution >= 0.6 is 35.0 Å². The van der Waals surface area contributed by atoms with Crippen molar-refractivity contribution in [2.45, 2.75) is 37.5 Å². The number of nitrogen functional groups attached to an aromatic ring is 1. The van der Waals surface area contributed by atoms with Crippen LogP contribution in [0.1, 0.15) is 36.5 Å². The molecule has 0 aromatic heterocycles. The number of amidine groups is 1. The quantitative estimate of drug-likeness (QED) is 0.639. The van der Waals surface area contributed by atoms with E-state index in [1.807, 2.05) is 18.2 Å². The maximum Gasteiger partial charge on any atom is 0.168 e. The third-order valence-electron chi connectivity index (χ3n) is 4.98. The molecule has 0 unspecified atom stereocenters. The van der Waals surface area contributed by atoms with Crippen LogP contribution in [-0.2, 0) is 12.8 Å². The van der Waals surface area contributed by atoms with E-state index in [1.165, 1.54) is 16.1 Å². The number of hydrogen-bond donors (Lipinski definition) is 1. The topological polar surface area (TPSA) is 41.6 Å². The molecule has 0 saturated carbocycles. The van der Waals surface area contributed by atoms with E-state index in [9.17, 15) is 0 Å². The second kappa shape index (κ2) is 7.34. The summed E-state index contributed by atoms with van der Waals surface area (Å²) in [5.74, 6) is 0. The van der Waals surface area contributed by atoms with Gasteiger partial charge in [-0.05, 0) is 53.9 Å². The molecule has 2 aromatic carbocycles. The van der Waals surface area contributed by atoms with E-state index < -0.39 is 0 Å². The van der Waals surface area contributed by atoms with E-state index in [4.69, 9.17) is 28.9 Å². The minimum Gasteiger partial charge on any atom is -0.398 e. The Bertz CT molecular complexity index is 875. The first-order valence-corrected chi connectivity index (χ1v) is 10.5. The number of aliphatic imine (C=N–C) groups is 1. The largest absolute Gasteiger partial charge is 0.398 e. The highest BCUT2D eigenvalue weighted by molar-refractivity contribution is 8.14. The molecule has 0 spiro atoms. The Hall–Kier alpha value is -1.36. The van der Waals surface area contributed by atoms with Gasteiger partial charge in [-0.3, -0.25) is 4.99 Å². The summed E-state index contributed by atoms with van der Waals surface area (Å²) in [4.78, 5) is 8.17. The number of fused-ring (bicyclic) bond motifs is 3. The lowest BCUT2D eigenvalue weighted by molar-refractivity contribution is 0.794. The van der Waals surface area contributed by atoms with Crippen molar-refractivity contribution < 1.29 is 0 Å². The van der Waals surface area contributed by atoms with Crippen LogP contribution in [0.15, 0.2) is 34.2 Å². The molecule has 4 rings (SSSR count). The number of halogens is 2. The summed E-state index contributed by atoms with van der Waals surface area (Å²) in [6.45, 7) is 3.95. The number of anilines is 2. The molecule has 2 aliphatic heterocycles. The number of nitrogens with zero attached hydrogens (tertiary/aromatic N) is 2. The molecular formula is C20H21Cl2N3S. The van der Waals surface area contributed by atoms with Gasteiger partial charge < -0.3 is 10.6 Å². The Morgan fingerprint density at radius 2 is 2.00 bits per heavy atom. The molecule has 0 atom stereocenters. The fourth-order valence-electron chi connectivity index (χ4n) is 3.60. The predicted molar refractivity (Wildman–Crippen MR) is 114 cm³/mol. The van der Waals surface area contributed by atoms with E-state index >= 15 is 0 Å². The zero-order chi connectivity index (χ0) is 18.3. The standard InChI is InChI=1S/C20H21Cl2N3S/c1-2-3-5-12-10-17-19(25-9-8-24-20(25)26-17)14(18(12)23)11-13-15(21)6-4-7-16(13)22/h4,6-7,10H,2-3,5,8-9,11,23H2,1H3. The van der Waals surface area contributed by atoms with Crippen LogP contribution < -0.4 is 10.6 Å². The van der Waals surface area contributed by atoms with Gasteiger partial charge in [0.15, 0.2) is 5.17 Å². The lowest BCUT2D eigenvalue weighted by Gasteiger charge is -2.21. The Labute approximate surface area is 168 Å². The monoisotopic (exact) mass is 405 g/mol. The predicted octanol–water partition coefficient (Wildman–Crippen LogP) is 5.79. The minimum absolute atomic E-state index is 0.636. The Morgan fingerprint density at radius 3 is 2.73 bits per heavy atom. The third kappa shape index (κ3) is 3.08. The zero-order valence-corrected chi connectivity index (χ0v) is 17.0. The number of hydrogen-bond acceptors (Lipinski definition) is 4. The molecule has 3 nitrogen and oxygen atoms in total. The molecule has 136 valence electrons. The molecule has 0 saturated heterocycles. The lowest BCUT2D eigenvalue weighted by atomic mass is 9.95. The zero-order valence-electron chi connectivity index (χ0n) is 14.7. The molecule has 2 aromatic rings. The highest BCUT2D eigenvalue weighted by Gasteiger charge is 2.34. The van der Waals surface area contributed by atoms with Crippen molar-refractivity contribution in [3.05, 3.63) is 51.0 Å². The van der Waals surface area contributed by atoms with Crippen LogP contribution in [-0.4, -0.2) is 18.3 Å². The van der Waals surface area contributed by atoms with Gasteiger partial charge in [-0.25, -0.2) is 0 Å². The Morgan fingerprint density at radius 1 is 1.23 bits per heavy atom. The molecule has 2 aliphatic rings. The second-order valence-electron chi connectivity index (χ2n) is 6.67. The number of rotatable bonds is 5. The first-order chi connectivity index (χ1) is 12.6. The molecule has 0 bridgehead atoms. The maximum absolute atomic E-state index is 6.67. The van der Waals surface area contributed by atoms with Gasteiger partial charge in [0.2, 0.25) is 0 Å². The van der Waals surface area contributed by atoms with Crippen LogP contribution in [0, 0.1) is 0 Å². The minimum atomic E-state index is 0.636. The van der Waals surface area contributed by atoms with Crippen molar-refractivity contribution >= 4 is 51.5 Å². The molecule has 0 radical (unpaired) electrons. The van der Waals surface area contributed by atoms with Crippen LogP contribution in [0.5, 0.6) is 0 Å². The highest BCUT2D eigenvalue weighted by atomic mass is 35.5. The second-order valence-corrected chi connectivity index (χ2v) is 8.50. The summed E-state index contributed by atoms with van der Waals surface area (Å²) >= 11 is 14.6. The summed E-state index contributed by atoms with van der Waals surface area (Å²) in [5.41, 5.74) is 12.0. The SMILES string of the molecule is CCCCc1cc2c(c(Cc3c(Cl)cccc3Cl)c1N)N1CCN=C1S2. The summed E-state index contributed by atoms with van der Waals surface area (Å²) in [6.07, 6.45) is 3.90. The summed E-state index contributed by atoms with van der Waals surface area (Å²) in [7, 11) is 0. The summed E-state index contributed by atoms with van der Waals surface area (Å²) < 4.78 is 0. The van der Waals surface area contributed by atoms with Crippen molar-refractivity contribution in [2.75, 3.05) is 23.7 Å².